The van der Waals surface area contributed by atoms with Crippen molar-refractivity contribution in [2.45, 2.75) is 38.6 Å². The number of nitrogens with one attached hydrogen (secondary N) is 1. The molecule has 94 valence electrons. The molecule has 2 aromatic rings. The number of pyridine rings is 1. The molecule has 1 saturated carbocycles. The average molecular weight is 240 g/mol. The summed E-state index contributed by atoms with van der Waals surface area (Å²) in [5.74, 6) is 0.851. The minimum atomic E-state index is 0.625. The van der Waals surface area contributed by atoms with Crippen LogP contribution < -0.4 is 5.32 Å². The topological polar surface area (TPSA) is 24.9 Å². The van der Waals surface area contributed by atoms with E-state index in [4.69, 9.17) is 0 Å². The van der Waals surface area contributed by atoms with Gasteiger partial charge in [-0.2, -0.15) is 0 Å². The Morgan fingerprint density at radius 3 is 2.94 bits per heavy atom. The van der Waals surface area contributed by atoms with E-state index in [1.807, 2.05) is 12.3 Å². The smallest absolute Gasteiger partial charge is 0.0722 e. The molecule has 2 nitrogen and oxygen atoms in total. The number of hydrogen-bond donors (Lipinski definition) is 1. The van der Waals surface area contributed by atoms with Gasteiger partial charge in [-0.1, -0.05) is 38.0 Å². The highest BCUT2D eigenvalue weighted by Crippen LogP contribution is 2.28. The van der Waals surface area contributed by atoms with Crippen LogP contribution in [0.2, 0.25) is 0 Å². The van der Waals surface area contributed by atoms with Gasteiger partial charge < -0.3 is 5.32 Å². The summed E-state index contributed by atoms with van der Waals surface area (Å²) in [7, 11) is 0. The predicted octanol–water partition coefficient (Wildman–Crippen LogP) is 4.23. The second kappa shape index (κ2) is 4.97. The van der Waals surface area contributed by atoms with E-state index >= 15 is 0 Å². The highest BCUT2D eigenvalue weighted by molar-refractivity contribution is 5.90. The summed E-state index contributed by atoms with van der Waals surface area (Å²) >= 11 is 0. The van der Waals surface area contributed by atoms with Crippen molar-refractivity contribution < 1.29 is 0 Å². The number of hydrogen-bond acceptors (Lipinski definition) is 2. The molecule has 0 saturated heterocycles. The van der Waals surface area contributed by atoms with E-state index in [0.29, 0.717) is 6.04 Å². The van der Waals surface area contributed by atoms with E-state index in [1.165, 1.54) is 36.8 Å². The van der Waals surface area contributed by atoms with E-state index < -0.39 is 0 Å². The molecule has 1 heterocycles. The second-order valence-electron chi connectivity index (χ2n) is 5.49. The van der Waals surface area contributed by atoms with Crippen molar-refractivity contribution in [3.05, 3.63) is 36.5 Å². The zero-order valence-corrected chi connectivity index (χ0v) is 10.9. The molecule has 3 rings (SSSR count). The lowest BCUT2D eigenvalue weighted by molar-refractivity contribution is 0.359. The third kappa shape index (κ3) is 2.33. The Kier molecular flexibility index (Phi) is 3.18. The van der Waals surface area contributed by atoms with Gasteiger partial charge in [0.05, 0.1) is 5.52 Å². The molecular formula is C16H20N2. The minimum Gasteiger partial charge on any atom is -0.382 e. The summed E-state index contributed by atoms with van der Waals surface area (Å²) in [6, 6.07) is 11.1. The number of benzene rings is 1. The van der Waals surface area contributed by atoms with Crippen LogP contribution in [0, 0.1) is 5.92 Å². The lowest BCUT2D eigenvalue weighted by Crippen LogP contribution is -2.26. The first-order chi connectivity index (χ1) is 8.83. The number of anilines is 1. The summed E-state index contributed by atoms with van der Waals surface area (Å²) in [5, 5.41) is 4.95. The van der Waals surface area contributed by atoms with Crippen LogP contribution in [0.3, 0.4) is 0 Å². The van der Waals surface area contributed by atoms with Crippen molar-refractivity contribution in [3.63, 3.8) is 0 Å². The molecule has 2 unspecified atom stereocenters. The molecule has 0 spiro atoms. The van der Waals surface area contributed by atoms with Crippen molar-refractivity contribution >= 4 is 16.6 Å². The fourth-order valence-electron chi connectivity index (χ4n) is 3.01. The fraction of sp³-hybridized carbons (Fsp3) is 0.438. The lowest BCUT2D eigenvalue weighted by atomic mass is 9.87. The standard InChI is InChI=1S/C16H20N2/c1-12-5-4-6-13(11-12)18-16-9-10-17-15-8-3-2-7-14(15)16/h2-3,7-10,12-13H,4-6,11H2,1H3,(H,17,18). The van der Waals surface area contributed by atoms with Gasteiger partial charge in [-0.25, -0.2) is 0 Å². The Balaban J connectivity index is 1.86. The predicted molar refractivity (Wildman–Crippen MR) is 76.8 cm³/mol. The minimum absolute atomic E-state index is 0.625. The van der Waals surface area contributed by atoms with Crippen LogP contribution in [0.15, 0.2) is 36.5 Å². The number of para-hydroxylation sites is 1. The van der Waals surface area contributed by atoms with Gasteiger partial charge in [0, 0.05) is 23.3 Å². The van der Waals surface area contributed by atoms with E-state index in [2.05, 4.69) is 41.5 Å². The highest BCUT2D eigenvalue weighted by Gasteiger charge is 2.18. The Hall–Kier alpha value is -1.57. The first kappa shape index (κ1) is 11.5. The number of aromatic nitrogens is 1. The lowest BCUT2D eigenvalue weighted by Gasteiger charge is -2.28. The fourth-order valence-corrected chi connectivity index (χ4v) is 3.01. The molecule has 0 radical (unpaired) electrons. The molecule has 2 heteroatoms. The maximum Gasteiger partial charge on any atom is 0.0722 e. The average Bonchev–Trinajstić information content (AvgIpc) is 2.39. The van der Waals surface area contributed by atoms with Gasteiger partial charge in [0.15, 0.2) is 0 Å². The Morgan fingerprint density at radius 1 is 1.17 bits per heavy atom. The normalized spacial score (nSPS) is 24.1. The molecule has 1 aromatic carbocycles. The first-order valence-corrected chi connectivity index (χ1v) is 6.93. The Bertz CT molecular complexity index is 530. The van der Waals surface area contributed by atoms with Crippen LogP contribution in [-0.4, -0.2) is 11.0 Å². The molecule has 1 fully saturated rings. The van der Waals surface area contributed by atoms with Crippen LogP contribution in [0.25, 0.3) is 10.9 Å². The van der Waals surface area contributed by atoms with Crippen molar-refractivity contribution in [2.24, 2.45) is 5.92 Å². The van der Waals surface area contributed by atoms with Gasteiger partial charge in [0.2, 0.25) is 0 Å². The molecule has 0 bridgehead atoms. The summed E-state index contributed by atoms with van der Waals surface area (Å²) in [6.45, 7) is 2.36. The number of nitrogens with zero attached hydrogens (tertiary/aromatic N) is 1. The molecule has 1 aliphatic rings. The summed E-state index contributed by atoms with van der Waals surface area (Å²) < 4.78 is 0. The monoisotopic (exact) mass is 240 g/mol. The Morgan fingerprint density at radius 2 is 2.06 bits per heavy atom. The third-order valence-corrected chi connectivity index (χ3v) is 3.95. The van der Waals surface area contributed by atoms with Gasteiger partial charge in [-0.05, 0) is 30.9 Å². The van der Waals surface area contributed by atoms with Gasteiger partial charge in [0.1, 0.15) is 0 Å². The van der Waals surface area contributed by atoms with E-state index in [-0.39, 0.29) is 0 Å². The largest absolute Gasteiger partial charge is 0.382 e. The van der Waals surface area contributed by atoms with Crippen LogP contribution in [0.4, 0.5) is 5.69 Å². The molecule has 0 aliphatic heterocycles. The van der Waals surface area contributed by atoms with Gasteiger partial charge in [-0.3, -0.25) is 4.98 Å². The molecule has 1 aliphatic carbocycles. The maximum absolute atomic E-state index is 4.41. The number of fused-ring (bicyclic) bond motifs is 1. The summed E-state index contributed by atoms with van der Waals surface area (Å²) in [5.41, 5.74) is 2.31. The van der Waals surface area contributed by atoms with Gasteiger partial charge in [-0.15, -0.1) is 0 Å². The van der Waals surface area contributed by atoms with Crippen LogP contribution in [-0.2, 0) is 0 Å². The molecule has 18 heavy (non-hydrogen) atoms. The van der Waals surface area contributed by atoms with E-state index in [0.717, 1.165) is 11.4 Å². The second-order valence-corrected chi connectivity index (χ2v) is 5.49. The third-order valence-electron chi connectivity index (χ3n) is 3.95. The molecule has 1 aromatic heterocycles. The molecule has 0 amide bonds. The van der Waals surface area contributed by atoms with E-state index in [1.54, 1.807) is 0 Å². The van der Waals surface area contributed by atoms with Gasteiger partial charge >= 0.3 is 0 Å². The molecule has 1 N–H and O–H groups in total. The zero-order chi connectivity index (χ0) is 12.4. The van der Waals surface area contributed by atoms with Crippen molar-refractivity contribution in [3.8, 4) is 0 Å². The molecular weight excluding hydrogens is 220 g/mol. The number of rotatable bonds is 2. The zero-order valence-electron chi connectivity index (χ0n) is 10.9. The Labute approximate surface area is 108 Å². The van der Waals surface area contributed by atoms with Crippen molar-refractivity contribution in [2.75, 3.05) is 5.32 Å². The first-order valence-electron chi connectivity index (χ1n) is 6.93. The summed E-state index contributed by atoms with van der Waals surface area (Å²) in [4.78, 5) is 4.41. The van der Waals surface area contributed by atoms with Crippen molar-refractivity contribution in [1.82, 2.24) is 4.98 Å². The molecule has 2 atom stereocenters. The van der Waals surface area contributed by atoms with Crippen LogP contribution in [0.5, 0.6) is 0 Å². The van der Waals surface area contributed by atoms with Crippen LogP contribution in [0.1, 0.15) is 32.6 Å². The van der Waals surface area contributed by atoms with Crippen LogP contribution >= 0.6 is 0 Å². The quantitative estimate of drug-likeness (QED) is 0.850. The van der Waals surface area contributed by atoms with Crippen molar-refractivity contribution in [1.29, 1.82) is 0 Å². The van der Waals surface area contributed by atoms with E-state index in [9.17, 15) is 0 Å². The SMILES string of the molecule is CC1CCCC(Nc2ccnc3ccccc23)C1. The van der Waals surface area contributed by atoms with Gasteiger partial charge in [0.25, 0.3) is 0 Å². The maximum atomic E-state index is 4.41. The summed E-state index contributed by atoms with van der Waals surface area (Å²) in [6.07, 6.45) is 7.21. The highest BCUT2D eigenvalue weighted by atomic mass is 14.9.